The van der Waals surface area contributed by atoms with Gasteiger partial charge in [0.2, 0.25) is 5.91 Å². The lowest BCUT2D eigenvalue weighted by atomic mass is 9.97. The van der Waals surface area contributed by atoms with Gasteiger partial charge in [0.15, 0.2) is 0 Å². The Morgan fingerprint density at radius 2 is 1.95 bits per heavy atom. The third-order valence-corrected chi connectivity index (χ3v) is 3.60. The van der Waals surface area contributed by atoms with Crippen molar-refractivity contribution in [3.05, 3.63) is 30.3 Å². The van der Waals surface area contributed by atoms with E-state index in [4.69, 9.17) is 0 Å². The fourth-order valence-electron chi connectivity index (χ4n) is 2.11. The highest BCUT2D eigenvalue weighted by Gasteiger charge is 2.48. The Morgan fingerprint density at radius 3 is 2.55 bits per heavy atom. The number of carbonyl (C=O) groups is 3. The van der Waals surface area contributed by atoms with Crippen LogP contribution in [0, 0.1) is 0 Å². The average Bonchev–Trinajstić information content (AvgIpc) is 2.64. The van der Waals surface area contributed by atoms with Gasteiger partial charge in [0.1, 0.15) is 12.1 Å². The van der Waals surface area contributed by atoms with Crippen molar-refractivity contribution in [3.8, 4) is 0 Å². The van der Waals surface area contributed by atoms with Crippen LogP contribution in [0.2, 0.25) is 0 Å². The molecule has 4 amide bonds. The quantitative estimate of drug-likeness (QED) is 0.814. The van der Waals surface area contributed by atoms with Gasteiger partial charge >= 0.3 is 6.03 Å². The molecule has 0 saturated carbocycles. The Hall–Kier alpha value is -2.37. The van der Waals surface area contributed by atoms with Crippen LogP contribution in [0.25, 0.3) is 0 Å². The fraction of sp³-hybridized carbons (Fsp3) is 0.357. The van der Waals surface area contributed by atoms with Gasteiger partial charge in [-0.05, 0) is 25.5 Å². The molecule has 1 saturated heterocycles. The summed E-state index contributed by atoms with van der Waals surface area (Å²) in [6.07, 6.45) is 0.448. The first kappa shape index (κ1) is 14.0. The first-order valence-electron chi connectivity index (χ1n) is 6.45. The highest BCUT2D eigenvalue weighted by Crippen LogP contribution is 2.24. The van der Waals surface area contributed by atoms with E-state index in [2.05, 4.69) is 10.6 Å². The largest absolute Gasteiger partial charge is 0.325 e. The smallest absolute Gasteiger partial charge is 0.325 e. The number of imide groups is 1. The van der Waals surface area contributed by atoms with Crippen molar-refractivity contribution in [2.75, 3.05) is 11.9 Å². The molecule has 0 bridgehead atoms. The minimum atomic E-state index is -0.967. The second-order valence-corrected chi connectivity index (χ2v) is 4.89. The molecular formula is C14H17N3O3. The van der Waals surface area contributed by atoms with Crippen molar-refractivity contribution in [1.29, 1.82) is 0 Å². The lowest BCUT2D eigenvalue weighted by Crippen LogP contribution is -2.49. The van der Waals surface area contributed by atoms with Crippen LogP contribution in [0.3, 0.4) is 0 Å². The van der Waals surface area contributed by atoms with Gasteiger partial charge < -0.3 is 10.2 Å². The van der Waals surface area contributed by atoms with E-state index in [0.717, 1.165) is 0 Å². The van der Waals surface area contributed by atoms with Gasteiger partial charge in [-0.25, -0.2) is 4.79 Å². The van der Waals surface area contributed by atoms with Crippen LogP contribution in [-0.2, 0) is 9.59 Å². The summed E-state index contributed by atoms with van der Waals surface area (Å²) in [7, 11) is 0. The zero-order valence-corrected chi connectivity index (χ0v) is 11.5. The third kappa shape index (κ3) is 2.49. The Kier molecular flexibility index (Phi) is 3.74. The Morgan fingerprint density at radius 1 is 1.30 bits per heavy atom. The maximum absolute atomic E-state index is 12.0. The average molecular weight is 275 g/mol. The second kappa shape index (κ2) is 5.32. The van der Waals surface area contributed by atoms with Crippen LogP contribution in [0.4, 0.5) is 10.5 Å². The number of nitrogens with one attached hydrogen (secondary N) is 2. The van der Waals surface area contributed by atoms with Crippen molar-refractivity contribution in [3.63, 3.8) is 0 Å². The van der Waals surface area contributed by atoms with E-state index in [0.29, 0.717) is 12.1 Å². The molecule has 1 aromatic carbocycles. The minimum Gasteiger partial charge on any atom is -0.325 e. The Balaban J connectivity index is 2.07. The number of benzene rings is 1. The summed E-state index contributed by atoms with van der Waals surface area (Å²) in [5.74, 6) is -0.696. The van der Waals surface area contributed by atoms with E-state index in [1.54, 1.807) is 38.1 Å². The molecule has 1 fully saturated rings. The Bertz CT molecular complexity index is 544. The van der Waals surface area contributed by atoms with Gasteiger partial charge in [-0.2, -0.15) is 0 Å². The molecule has 6 nitrogen and oxygen atoms in total. The van der Waals surface area contributed by atoms with Crippen molar-refractivity contribution >= 4 is 23.5 Å². The molecule has 1 unspecified atom stereocenters. The van der Waals surface area contributed by atoms with Gasteiger partial charge in [-0.1, -0.05) is 25.1 Å². The molecule has 106 valence electrons. The summed E-state index contributed by atoms with van der Waals surface area (Å²) >= 11 is 0. The van der Waals surface area contributed by atoms with Crippen LogP contribution in [0.1, 0.15) is 20.3 Å². The third-order valence-electron chi connectivity index (χ3n) is 3.60. The summed E-state index contributed by atoms with van der Waals surface area (Å²) in [6, 6.07) is 8.44. The normalized spacial score (nSPS) is 21.8. The number of para-hydroxylation sites is 1. The Labute approximate surface area is 117 Å². The number of carbonyl (C=O) groups excluding carboxylic acids is 3. The number of nitrogens with zero attached hydrogens (tertiary/aromatic N) is 1. The predicted molar refractivity (Wildman–Crippen MR) is 74.0 cm³/mol. The van der Waals surface area contributed by atoms with E-state index < -0.39 is 11.6 Å². The number of urea groups is 1. The molecule has 1 aliphatic rings. The van der Waals surface area contributed by atoms with Gasteiger partial charge in [0.05, 0.1) is 0 Å². The number of hydrogen-bond acceptors (Lipinski definition) is 3. The van der Waals surface area contributed by atoms with Crippen molar-refractivity contribution in [1.82, 2.24) is 10.2 Å². The number of amides is 4. The topological polar surface area (TPSA) is 78.5 Å². The standard InChI is InChI=1S/C14H17N3O3/c1-3-14(2)12(19)16-13(20)17(14)9-11(18)15-10-7-5-4-6-8-10/h4-8H,3,9H2,1-2H3,(H,15,18)(H,16,19,20). The molecule has 20 heavy (non-hydrogen) atoms. The molecule has 1 aromatic rings. The molecular weight excluding hydrogens is 258 g/mol. The lowest BCUT2D eigenvalue weighted by molar-refractivity contribution is -0.127. The first-order valence-corrected chi connectivity index (χ1v) is 6.45. The molecule has 2 rings (SSSR count). The van der Waals surface area contributed by atoms with Crippen LogP contribution in [-0.4, -0.2) is 34.8 Å². The molecule has 0 aromatic heterocycles. The first-order chi connectivity index (χ1) is 9.47. The second-order valence-electron chi connectivity index (χ2n) is 4.89. The van der Waals surface area contributed by atoms with Gasteiger partial charge in [-0.3, -0.25) is 14.9 Å². The molecule has 1 aliphatic heterocycles. The monoisotopic (exact) mass is 275 g/mol. The van der Waals surface area contributed by atoms with Gasteiger partial charge in [0, 0.05) is 5.69 Å². The maximum Gasteiger partial charge on any atom is 0.325 e. The highest BCUT2D eigenvalue weighted by molar-refractivity contribution is 6.08. The van der Waals surface area contributed by atoms with E-state index in [9.17, 15) is 14.4 Å². The van der Waals surface area contributed by atoms with Gasteiger partial charge in [0.25, 0.3) is 5.91 Å². The van der Waals surface area contributed by atoms with Crippen LogP contribution in [0.5, 0.6) is 0 Å². The van der Waals surface area contributed by atoms with Crippen molar-refractivity contribution in [2.24, 2.45) is 0 Å². The maximum atomic E-state index is 12.0. The number of hydrogen-bond donors (Lipinski definition) is 2. The summed E-state index contributed by atoms with van der Waals surface area (Å²) in [5, 5.41) is 4.94. The molecule has 0 radical (unpaired) electrons. The minimum absolute atomic E-state index is 0.156. The van der Waals surface area contributed by atoms with E-state index in [-0.39, 0.29) is 18.4 Å². The summed E-state index contributed by atoms with van der Waals surface area (Å²) in [6.45, 7) is 3.31. The summed E-state index contributed by atoms with van der Waals surface area (Å²) in [5.41, 5.74) is -0.313. The number of anilines is 1. The molecule has 1 atom stereocenters. The molecule has 1 heterocycles. The van der Waals surface area contributed by atoms with Crippen molar-refractivity contribution in [2.45, 2.75) is 25.8 Å². The lowest BCUT2D eigenvalue weighted by Gasteiger charge is -2.30. The van der Waals surface area contributed by atoms with Gasteiger partial charge in [-0.15, -0.1) is 0 Å². The fourth-order valence-corrected chi connectivity index (χ4v) is 2.11. The molecule has 6 heteroatoms. The molecule has 0 spiro atoms. The van der Waals surface area contributed by atoms with E-state index in [1.165, 1.54) is 4.90 Å². The van der Waals surface area contributed by atoms with Crippen LogP contribution in [0.15, 0.2) is 30.3 Å². The molecule has 0 aliphatic carbocycles. The highest BCUT2D eigenvalue weighted by atomic mass is 16.2. The number of rotatable bonds is 4. The summed E-state index contributed by atoms with van der Waals surface area (Å²) < 4.78 is 0. The predicted octanol–water partition coefficient (Wildman–Crippen LogP) is 1.35. The molecule has 2 N–H and O–H groups in total. The SMILES string of the molecule is CCC1(C)C(=O)NC(=O)N1CC(=O)Nc1ccccc1. The van der Waals surface area contributed by atoms with E-state index in [1.807, 2.05) is 6.07 Å². The zero-order valence-electron chi connectivity index (χ0n) is 11.5. The van der Waals surface area contributed by atoms with E-state index >= 15 is 0 Å². The zero-order chi connectivity index (χ0) is 14.8. The van der Waals surface area contributed by atoms with Crippen molar-refractivity contribution < 1.29 is 14.4 Å². The van der Waals surface area contributed by atoms with Crippen LogP contribution >= 0.6 is 0 Å². The summed E-state index contributed by atoms with van der Waals surface area (Å²) in [4.78, 5) is 36.8. The van der Waals surface area contributed by atoms with Crippen LogP contribution < -0.4 is 10.6 Å².